The average Bonchev–Trinajstić information content (AvgIpc) is 2.66. The van der Waals surface area contributed by atoms with E-state index in [4.69, 9.17) is 9.47 Å². The van der Waals surface area contributed by atoms with E-state index in [0.29, 0.717) is 25.1 Å². The van der Waals surface area contributed by atoms with Crippen LogP contribution in [0.3, 0.4) is 0 Å². The van der Waals surface area contributed by atoms with Gasteiger partial charge >= 0.3 is 0 Å². The van der Waals surface area contributed by atoms with E-state index >= 15 is 0 Å². The van der Waals surface area contributed by atoms with Gasteiger partial charge in [0.1, 0.15) is 11.5 Å². The molecule has 146 valence electrons. The van der Waals surface area contributed by atoms with Gasteiger partial charge in [-0.2, -0.15) is 0 Å². The summed E-state index contributed by atoms with van der Waals surface area (Å²) in [6.07, 6.45) is 2.70. The Morgan fingerprint density at radius 1 is 1.11 bits per heavy atom. The number of benzene rings is 1. The lowest BCUT2D eigenvalue weighted by Crippen LogP contribution is -2.41. The molecule has 0 bridgehead atoms. The SMILES string of the molecule is CCCOc1ccc(Oc2ncccc2CN=C(NCC)NC(C)C)cc1. The van der Waals surface area contributed by atoms with Crippen LogP contribution in [0.5, 0.6) is 17.4 Å². The van der Waals surface area contributed by atoms with E-state index in [2.05, 4.69) is 41.4 Å². The van der Waals surface area contributed by atoms with Crippen LogP contribution in [0.25, 0.3) is 0 Å². The maximum Gasteiger partial charge on any atom is 0.224 e. The van der Waals surface area contributed by atoms with Gasteiger partial charge in [0.15, 0.2) is 5.96 Å². The largest absolute Gasteiger partial charge is 0.494 e. The summed E-state index contributed by atoms with van der Waals surface area (Å²) < 4.78 is 11.6. The van der Waals surface area contributed by atoms with Crippen LogP contribution in [0, 0.1) is 0 Å². The van der Waals surface area contributed by atoms with Gasteiger partial charge in [0, 0.05) is 24.3 Å². The van der Waals surface area contributed by atoms with Crippen LogP contribution in [0.4, 0.5) is 0 Å². The first-order valence-corrected chi connectivity index (χ1v) is 9.51. The van der Waals surface area contributed by atoms with Gasteiger partial charge in [-0.1, -0.05) is 13.0 Å². The first-order chi connectivity index (χ1) is 13.1. The lowest BCUT2D eigenvalue weighted by molar-refractivity contribution is 0.317. The van der Waals surface area contributed by atoms with Crippen LogP contribution in [0.2, 0.25) is 0 Å². The standard InChI is InChI=1S/C21H30N4O2/c1-5-14-26-18-9-11-19(12-10-18)27-20-17(8-7-13-23-20)15-24-21(22-6-2)25-16(3)4/h7-13,16H,5-6,14-15H2,1-4H3,(H2,22,24,25). The third kappa shape index (κ3) is 7.17. The van der Waals surface area contributed by atoms with Crippen molar-refractivity contribution in [1.29, 1.82) is 0 Å². The van der Waals surface area contributed by atoms with Gasteiger partial charge in [-0.15, -0.1) is 0 Å². The van der Waals surface area contributed by atoms with Gasteiger partial charge in [-0.25, -0.2) is 9.98 Å². The minimum Gasteiger partial charge on any atom is -0.494 e. The molecule has 0 spiro atoms. The molecule has 1 aromatic carbocycles. The predicted molar refractivity (Wildman–Crippen MR) is 110 cm³/mol. The smallest absolute Gasteiger partial charge is 0.224 e. The summed E-state index contributed by atoms with van der Waals surface area (Å²) >= 11 is 0. The summed E-state index contributed by atoms with van der Waals surface area (Å²) in [5, 5.41) is 6.55. The molecule has 0 saturated carbocycles. The molecule has 2 N–H and O–H groups in total. The molecule has 2 aromatic rings. The van der Waals surface area contributed by atoms with Gasteiger partial charge in [0.05, 0.1) is 13.2 Å². The van der Waals surface area contributed by atoms with Crippen molar-refractivity contribution in [2.24, 2.45) is 4.99 Å². The van der Waals surface area contributed by atoms with Gasteiger partial charge < -0.3 is 20.1 Å². The van der Waals surface area contributed by atoms with E-state index in [1.807, 2.05) is 43.3 Å². The monoisotopic (exact) mass is 370 g/mol. The fraction of sp³-hybridized carbons (Fsp3) is 0.429. The number of nitrogens with one attached hydrogen (secondary N) is 2. The number of aliphatic imine (C=N–C) groups is 1. The third-order valence-electron chi connectivity index (χ3n) is 3.54. The Labute approximate surface area is 162 Å². The van der Waals surface area contributed by atoms with Gasteiger partial charge in [-0.05, 0) is 57.5 Å². The number of hydrogen-bond acceptors (Lipinski definition) is 4. The van der Waals surface area contributed by atoms with Crippen LogP contribution in [0.1, 0.15) is 39.7 Å². The van der Waals surface area contributed by atoms with Crippen molar-refractivity contribution >= 4 is 5.96 Å². The van der Waals surface area contributed by atoms with Crippen molar-refractivity contribution in [2.75, 3.05) is 13.2 Å². The molecule has 0 aliphatic rings. The number of aromatic nitrogens is 1. The molecule has 0 amide bonds. The van der Waals surface area contributed by atoms with Crippen molar-refractivity contribution in [3.05, 3.63) is 48.2 Å². The third-order valence-corrected chi connectivity index (χ3v) is 3.54. The van der Waals surface area contributed by atoms with E-state index in [9.17, 15) is 0 Å². The average molecular weight is 370 g/mol. The molecule has 1 aromatic heterocycles. The van der Waals surface area contributed by atoms with Crippen LogP contribution < -0.4 is 20.1 Å². The zero-order valence-electron chi connectivity index (χ0n) is 16.7. The molecule has 1 heterocycles. The zero-order chi connectivity index (χ0) is 19.5. The number of rotatable bonds is 9. The molecule has 27 heavy (non-hydrogen) atoms. The lowest BCUT2D eigenvalue weighted by Gasteiger charge is -2.14. The van der Waals surface area contributed by atoms with Crippen molar-refractivity contribution in [1.82, 2.24) is 15.6 Å². The number of hydrogen-bond donors (Lipinski definition) is 2. The van der Waals surface area contributed by atoms with E-state index in [0.717, 1.165) is 36.0 Å². The topological polar surface area (TPSA) is 67.8 Å². The summed E-state index contributed by atoms with van der Waals surface area (Å²) in [6.45, 7) is 10.3. The highest BCUT2D eigenvalue weighted by Gasteiger charge is 2.07. The minimum atomic E-state index is 0.306. The van der Waals surface area contributed by atoms with Crippen molar-refractivity contribution in [3.8, 4) is 17.4 Å². The van der Waals surface area contributed by atoms with Gasteiger partial charge in [0.25, 0.3) is 0 Å². The van der Waals surface area contributed by atoms with Crippen LogP contribution in [0.15, 0.2) is 47.6 Å². The molecule has 0 unspecified atom stereocenters. The van der Waals surface area contributed by atoms with Crippen molar-refractivity contribution in [2.45, 2.75) is 46.7 Å². The first-order valence-electron chi connectivity index (χ1n) is 9.51. The highest BCUT2D eigenvalue weighted by atomic mass is 16.5. The minimum absolute atomic E-state index is 0.306. The molecule has 0 saturated heterocycles. The lowest BCUT2D eigenvalue weighted by atomic mass is 10.2. The molecule has 0 fully saturated rings. The zero-order valence-corrected chi connectivity index (χ0v) is 16.7. The van der Waals surface area contributed by atoms with E-state index in [1.165, 1.54) is 0 Å². The summed E-state index contributed by atoms with van der Waals surface area (Å²) in [4.78, 5) is 9.00. The Morgan fingerprint density at radius 2 is 1.85 bits per heavy atom. The second-order valence-electron chi connectivity index (χ2n) is 6.38. The second kappa shape index (κ2) is 11.1. The number of nitrogens with zero attached hydrogens (tertiary/aromatic N) is 2. The highest BCUT2D eigenvalue weighted by molar-refractivity contribution is 5.80. The Bertz CT molecular complexity index is 714. The molecule has 0 aliphatic heterocycles. The van der Waals surface area contributed by atoms with Crippen LogP contribution in [-0.2, 0) is 6.54 Å². The summed E-state index contributed by atoms with van der Waals surface area (Å²) in [5.41, 5.74) is 0.921. The molecule has 6 heteroatoms. The molecule has 6 nitrogen and oxygen atoms in total. The van der Waals surface area contributed by atoms with E-state index in [-0.39, 0.29) is 0 Å². The number of pyridine rings is 1. The molecule has 0 atom stereocenters. The maximum atomic E-state index is 5.97. The van der Waals surface area contributed by atoms with Crippen LogP contribution >= 0.6 is 0 Å². The predicted octanol–water partition coefficient (Wildman–Crippen LogP) is 4.13. The number of ether oxygens (including phenoxy) is 2. The summed E-state index contributed by atoms with van der Waals surface area (Å²) in [5.74, 6) is 2.89. The number of guanidine groups is 1. The van der Waals surface area contributed by atoms with E-state index < -0.39 is 0 Å². The van der Waals surface area contributed by atoms with Crippen LogP contribution in [-0.4, -0.2) is 30.1 Å². The fourth-order valence-electron chi connectivity index (χ4n) is 2.33. The van der Waals surface area contributed by atoms with E-state index in [1.54, 1.807) is 6.20 Å². The van der Waals surface area contributed by atoms with Gasteiger partial charge in [0.2, 0.25) is 5.88 Å². The molecule has 0 aliphatic carbocycles. The first kappa shape index (κ1) is 20.6. The molecule has 0 radical (unpaired) electrons. The fourth-order valence-corrected chi connectivity index (χ4v) is 2.33. The Hall–Kier alpha value is -2.76. The Morgan fingerprint density at radius 3 is 2.52 bits per heavy atom. The van der Waals surface area contributed by atoms with Crippen molar-refractivity contribution < 1.29 is 9.47 Å². The molecular formula is C21H30N4O2. The normalized spacial score (nSPS) is 11.4. The highest BCUT2D eigenvalue weighted by Crippen LogP contribution is 2.25. The Kier molecular flexibility index (Phi) is 8.42. The summed E-state index contributed by atoms with van der Waals surface area (Å²) in [6, 6.07) is 11.8. The molecule has 2 rings (SSSR count). The maximum absolute atomic E-state index is 5.97. The van der Waals surface area contributed by atoms with Crippen molar-refractivity contribution in [3.63, 3.8) is 0 Å². The second-order valence-corrected chi connectivity index (χ2v) is 6.38. The summed E-state index contributed by atoms with van der Waals surface area (Å²) in [7, 11) is 0. The Balaban J connectivity index is 2.08. The molecular weight excluding hydrogens is 340 g/mol. The quantitative estimate of drug-likeness (QED) is 0.513. The van der Waals surface area contributed by atoms with Gasteiger partial charge in [-0.3, -0.25) is 0 Å².